The third-order valence-electron chi connectivity index (χ3n) is 8.67. The van der Waals surface area contributed by atoms with Gasteiger partial charge < -0.3 is 30.2 Å². The van der Waals surface area contributed by atoms with Gasteiger partial charge in [-0.1, -0.05) is 23.5 Å². The number of hydrogen-bond acceptors (Lipinski definition) is 10. The molecule has 0 bridgehead atoms. The zero-order chi connectivity index (χ0) is 31.6. The molecule has 1 spiro atoms. The molecule has 240 valence electrons. The number of aliphatic hydroxyl groups excluding tert-OH is 1. The predicted molar refractivity (Wildman–Crippen MR) is 172 cm³/mol. The third kappa shape index (κ3) is 7.62. The molecular weight excluding hydrogens is 618 g/mol. The summed E-state index contributed by atoms with van der Waals surface area (Å²) in [5.74, 6) is -0.208. The number of morpholine rings is 1. The van der Waals surface area contributed by atoms with E-state index in [1.54, 1.807) is 29.5 Å². The minimum absolute atomic E-state index is 0.0305. The first kappa shape index (κ1) is 31.8. The van der Waals surface area contributed by atoms with Crippen molar-refractivity contribution < 1.29 is 24.1 Å². The van der Waals surface area contributed by atoms with Crippen LogP contribution in [0.4, 0.5) is 4.39 Å². The Morgan fingerprint density at radius 2 is 2.02 bits per heavy atom. The van der Waals surface area contributed by atoms with E-state index in [1.165, 1.54) is 6.07 Å². The number of halogens is 1. The minimum Gasteiger partial charge on any atom is -0.506 e. The highest BCUT2D eigenvalue weighted by Gasteiger charge is 2.41. The van der Waals surface area contributed by atoms with Crippen LogP contribution in [-0.2, 0) is 28.9 Å². The van der Waals surface area contributed by atoms with E-state index in [-0.39, 0.29) is 34.5 Å². The van der Waals surface area contributed by atoms with Crippen LogP contribution in [0.3, 0.4) is 0 Å². The Morgan fingerprint density at radius 1 is 1.22 bits per heavy atom. The van der Waals surface area contributed by atoms with E-state index in [1.807, 2.05) is 23.3 Å². The lowest BCUT2D eigenvalue weighted by Crippen LogP contribution is -2.58. The van der Waals surface area contributed by atoms with Gasteiger partial charge in [-0.05, 0) is 62.1 Å². The standard InChI is InChI=1S/C32H38FN5O5S2/c1-20-35-24(18-44-20)15-28(41)38-10-11-43-32(19-38)5-8-37(9-6-32)17-22-12-21(13-23(33)14-22)4-7-34-16-27(40)25-2-3-26(39)29-30(25)45-31(42)36-29/h2-3,12-14,18,27,34,39-40H,4-11,15-17,19H2,1H3,(H,36,42). The number of aryl methyl sites for hydroxylation is 1. The molecule has 0 saturated carbocycles. The molecule has 0 aliphatic carbocycles. The number of rotatable bonds is 10. The van der Waals surface area contributed by atoms with Gasteiger partial charge in [0.2, 0.25) is 5.91 Å². The van der Waals surface area contributed by atoms with Gasteiger partial charge in [-0.25, -0.2) is 9.37 Å². The van der Waals surface area contributed by atoms with Crippen molar-refractivity contribution in [1.82, 2.24) is 25.1 Å². The summed E-state index contributed by atoms with van der Waals surface area (Å²) in [7, 11) is 0. The van der Waals surface area contributed by atoms with Gasteiger partial charge in [-0.2, -0.15) is 0 Å². The second-order valence-corrected chi connectivity index (χ2v) is 14.0. The first-order valence-corrected chi connectivity index (χ1v) is 16.9. The van der Waals surface area contributed by atoms with Crippen molar-refractivity contribution in [2.24, 2.45) is 0 Å². The molecule has 2 aliphatic heterocycles. The van der Waals surface area contributed by atoms with Crippen LogP contribution in [0.25, 0.3) is 10.2 Å². The first-order valence-electron chi connectivity index (χ1n) is 15.2. The number of ether oxygens (including phenoxy) is 1. The maximum absolute atomic E-state index is 14.6. The lowest BCUT2D eigenvalue weighted by Gasteiger charge is -2.47. The number of carbonyl (C=O) groups excluding carboxylic acids is 1. The van der Waals surface area contributed by atoms with Gasteiger partial charge in [0.1, 0.15) is 17.1 Å². The number of phenols is 1. The van der Waals surface area contributed by atoms with Gasteiger partial charge >= 0.3 is 4.87 Å². The summed E-state index contributed by atoms with van der Waals surface area (Å²) < 4.78 is 21.4. The largest absolute Gasteiger partial charge is 0.506 e. The molecule has 2 aromatic heterocycles. The van der Waals surface area contributed by atoms with E-state index in [2.05, 4.69) is 20.2 Å². The molecule has 13 heteroatoms. The van der Waals surface area contributed by atoms with Crippen molar-refractivity contribution in [2.45, 2.75) is 50.9 Å². The summed E-state index contributed by atoms with van der Waals surface area (Å²) >= 11 is 2.51. The maximum atomic E-state index is 14.6. The zero-order valence-corrected chi connectivity index (χ0v) is 26.8. The molecule has 10 nitrogen and oxygen atoms in total. The second-order valence-electron chi connectivity index (χ2n) is 12.0. The Balaban J connectivity index is 0.978. The van der Waals surface area contributed by atoms with Crippen molar-refractivity contribution in [3.63, 3.8) is 0 Å². The number of phenolic OH excluding ortho intramolecular Hbond substituents is 1. The van der Waals surface area contributed by atoms with E-state index >= 15 is 0 Å². The highest BCUT2D eigenvalue weighted by molar-refractivity contribution is 7.16. The molecule has 45 heavy (non-hydrogen) atoms. The van der Waals surface area contributed by atoms with Crippen molar-refractivity contribution in [3.8, 4) is 5.75 Å². The summed E-state index contributed by atoms with van der Waals surface area (Å²) in [5, 5.41) is 26.9. The van der Waals surface area contributed by atoms with Gasteiger partial charge in [0, 0.05) is 50.2 Å². The number of H-pyrrole nitrogens is 1. The van der Waals surface area contributed by atoms with E-state index in [9.17, 15) is 24.2 Å². The Bertz CT molecular complexity index is 1710. The molecule has 2 saturated heterocycles. The fourth-order valence-corrected chi connectivity index (χ4v) is 7.86. The molecule has 4 N–H and O–H groups in total. The second kappa shape index (κ2) is 13.7. The van der Waals surface area contributed by atoms with E-state index in [0.717, 1.165) is 59.1 Å². The van der Waals surface area contributed by atoms with Gasteiger partial charge in [0.25, 0.3) is 0 Å². The van der Waals surface area contributed by atoms with Crippen LogP contribution in [0.1, 0.15) is 46.3 Å². The molecule has 2 aromatic carbocycles. The van der Waals surface area contributed by atoms with Crippen LogP contribution in [0.2, 0.25) is 0 Å². The van der Waals surface area contributed by atoms with Gasteiger partial charge in [-0.3, -0.25) is 14.5 Å². The number of aromatic nitrogens is 2. The molecule has 2 fully saturated rings. The normalized spacial score (nSPS) is 17.7. The van der Waals surface area contributed by atoms with Crippen molar-refractivity contribution in [2.75, 3.05) is 45.9 Å². The molecule has 4 heterocycles. The Labute approximate surface area is 268 Å². The number of hydrogen-bond donors (Lipinski definition) is 4. The summed E-state index contributed by atoms with van der Waals surface area (Å²) in [5.41, 5.74) is 3.17. The molecule has 1 amide bonds. The Morgan fingerprint density at radius 3 is 2.80 bits per heavy atom. The summed E-state index contributed by atoms with van der Waals surface area (Å²) in [6.07, 6.45) is 1.66. The molecule has 1 unspecified atom stereocenters. The number of aliphatic hydroxyl groups is 1. The first-order chi connectivity index (χ1) is 21.7. The average Bonchev–Trinajstić information content (AvgIpc) is 3.61. The fourth-order valence-electron chi connectivity index (χ4n) is 6.33. The molecule has 2 aliphatic rings. The maximum Gasteiger partial charge on any atom is 0.305 e. The number of nitrogens with zero attached hydrogens (tertiary/aromatic N) is 3. The molecule has 6 rings (SSSR count). The third-order valence-corrected chi connectivity index (χ3v) is 10.4. The van der Waals surface area contributed by atoms with Crippen LogP contribution < -0.4 is 10.2 Å². The number of piperidine rings is 1. The van der Waals surface area contributed by atoms with Crippen LogP contribution in [0.5, 0.6) is 5.75 Å². The highest BCUT2D eigenvalue weighted by atomic mass is 32.1. The highest BCUT2D eigenvalue weighted by Crippen LogP contribution is 2.32. The average molecular weight is 656 g/mol. The Hall–Kier alpha value is -3.20. The molecule has 4 aromatic rings. The van der Waals surface area contributed by atoms with Crippen LogP contribution >= 0.6 is 22.7 Å². The molecular formula is C32H38FN5O5S2. The van der Waals surface area contributed by atoms with Crippen LogP contribution in [0.15, 0.2) is 40.5 Å². The number of thiazole rings is 2. The lowest BCUT2D eigenvalue weighted by molar-refractivity contribution is -0.159. The SMILES string of the molecule is Cc1nc(CC(=O)N2CCOC3(CCN(Cc4cc(F)cc(CCNCC(O)c5ccc(O)c6[nH]c(=O)sc56)c4)CC3)C2)cs1. The minimum atomic E-state index is -0.870. The van der Waals surface area contributed by atoms with Crippen molar-refractivity contribution >= 4 is 38.8 Å². The van der Waals surface area contributed by atoms with Crippen LogP contribution in [-0.4, -0.2) is 87.4 Å². The molecule has 1 atom stereocenters. The summed E-state index contributed by atoms with van der Waals surface area (Å²) in [4.78, 5) is 35.7. The number of aromatic amines is 1. The van der Waals surface area contributed by atoms with E-state index in [4.69, 9.17) is 4.74 Å². The topological polar surface area (TPSA) is 131 Å². The van der Waals surface area contributed by atoms with E-state index in [0.29, 0.717) is 61.4 Å². The lowest BCUT2D eigenvalue weighted by atomic mass is 9.89. The monoisotopic (exact) mass is 655 g/mol. The van der Waals surface area contributed by atoms with Crippen molar-refractivity contribution in [1.29, 1.82) is 0 Å². The molecule has 0 radical (unpaired) electrons. The quantitative estimate of drug-likeness (QED) is 0.191. The number of amides is 1. The Kier molecular flexibility index (Phi) is 9.64. The number of carbonyl (C=O) groups is 1. The fraction of sp³-hybridized carbons (Fsp3) is 0.469. The number of nitrogens with one attached hydrogen (secondary N) is 2. The summed E-state index contributed by atoms with van der Waals surface area (Å²) in [6.45, 7) is 6.70. The van der Waals surface area contributed by atoms with Gasteiger partial charge in [0.15, 0.2) is 0 Å². The number of fused-ring (bicyclic) bond motifs is 1. The number of likely N-dealkylation sites (tertiary alicyclic amines) is 1. The van der Waals surface area contributed by atoms with E-state index < -0.39 is 6.10 Å². The zero-order valence-electron chi connectivity index (χ0n) is 25.2. The summed E-state index contributed by atoms with van der Waals surface area (Å²) in [6, 6.07) is 8.24. The number of benzene rings is 2. The van der Waals surface area contributed by atoms with Gasteiger partial charge in [-0.15, -0.1) is 11.3 Å². The van der Waals surface area contributed by atoms with Gasteiger partial charge in [0.05, 0.1) is 40.1 Å². The smallest absolute Gasteiger partial charge is 0.305 e. The van der Waals surface area contributed by atoms with Crippen LogP contribution in [0, 0.1) is 12.7 Å². The number of aromatic hydroxyl groups is 1. The predicted octanol–water partition coefficient (Wildman–Crippen LogP) is 3.50. The van der Waals surface area contributed by atoms with Crippen molar-refractivity contribution in [3.05, 3.63) is 78.6 Å².